The molecule has 0 aliphatic carbocycles. The zero-order valence-electron chi connectivity index (χ0n) is 15.1. The van der Waals surface area contributed by atoms with Gasteiger partial charge in [0, 0.05) is 6.92 Å². The molecule has 130 valence electrons. The third-order valence-corrected chi connectivity index (χ3v) is 3.96. The van der Waals surface area contributed by atoms with Crippen LogP contribution in [0.5, 0.6) is 0 Å². The van der Waals surface area contributed by atoms with Crippen molar-refractivity contribution in [2.24, 2.45) is 0 Å². The lowest BCUT2D eigenvalue weighted by Crippen LogP contribution is -2.00. The van der Waals surface area contributed by atoms with E-state index in [-0.39, 0.29) is 5.97 Å². The minimum absolute atomic E-state index is 0.156. The van der Waals surface area contributed by atoms with Crippen molar-refractivity contribution in [3.8, 4) is 0 Å². The minimum atomic E-state index is -0.156. The first-order chi connectivity index (χ1) is 10.8. The maximum absolute atomic E-state index is 10.6. The molecule has 0 unspecified atom stereocenters. The van der Waals surface area contributed by atoms with Crippen LogP contribution >= 0.6 is 0 Å². The van der Waals surface area contributed by atoms with Gasteiger partial charge in [-0.3, -0.25) is 4.79 Å². The minimum Gasteiger partial charge on any atom is -0.466 e. The van der Waals surface area contributed by atoms with E-state index in [2.05, 4.69) is 19.1 Å². The molecular formula is C20H38O2. The lowest BCUT2D eigenvalue weighted by atomic mass is 10.1. The Kier molecular flexibility index (Phi) is 17.6. The molecule has 0 saturated heterocycles. The molecule has 2 nitrogen and oxygen atoms in total. The van der Waals surface area contributed by atoms with E-state index < -0.39 is 0 Å². The molecule has 0 aromatic carbocycles. The molecule has 0 heterocycles. The number of rotatable bonds is 16. The van der Waals surface area contributed by atoms with Crippen LogP contribution in [-0.2, 0) is 9.53 Å². The molecule has 0 spiro atoms. The second kappa shape index (κ2) is 18.3. The van der Waals surface area contributed by atoms with Crippen LogP contribution in [0.2, 0.25) is 0 Å². The maximum atomic E-state index is 10.6. The van der Waals surface area contributed by atoms with Crippen molar-refractivity contribution in [3.05, 3.63) is 12.2 Å². The molecule has 0 fully saturated rings. The zero-order valence-corrected chi connectivity index (χ0v) is 15.1. The van der Waals surface area contributed by atoms with Crippen LogP contribution in [0.1, 0.15) is 104 Å². The molecule has 0 atom stereocenters. The number of allylic oxidation sites excluding steroid dienone is 2. The highest BCUT2D eigenvalue weighted by molar-refractivity contribution is 5.65. The first kappa shape index (κ1) is 21.2. The standard InChI is InChI=1S/C20H38O2/c1-3-4-5-6-7-8-9-10-11-12-13-14-15-16-17-18-19-22-20(2)21/h6-7H,3-5,8-19H2,1-2H3/b7-6-. The van der Waals surface area contributed by atoms with Gasteiger partial charge >= 0.3 is 5.97 Å². The van der Waals surface area contributed by atoms with Gasteiger partial charge in [0.2, 0.25) is 0 Å². The van der Waals surface area contributed by atoms with Crippen molar-refractivity contribution < 1.29 is 9.53 Å². The van der Waals surface area contributed by atoms with Gasteiger partial charge in [0.25, 0.3) is 0 Å². The Bertz CT molecular complexity index is 258. The Hall–Kier alpha value is -0.790. The summed E-state index contributed by atoms with van der Waals surface area (Å²) in [4.78, 5) is 10.6. The van der Waals surface area contributed by atoms with E-state index >= 15 is 0 Å². The monoisotopic (exact) mass is 310 g/mol. The van der Waals surface area contributed by atoms with Crippen molar-refractivity contribution >= 4 is 5.97 Å². The number of hydrogen-bond donors (Lipinski definition) is 0. The number of unbranched alkanes of at least 4 members (excludes halogenated alkanes) is 12. The third kappa shape index (κ3) is 19.2. The molecule has 2 heteroatoms. The van der Waals surface area contributed by atoms with Crippen LogP contribution in [-0.4, -0.2) is 12.6 Å². The number of ether oxygens (including phenoxy) is 1. The summed E-state index contributed by atoms with van der Waals surface area (Å²) in [6.07, 6.45) is 23.0. The SMILES string of the molecule is CCCC/C=C\CCCCCCCCCCCCOC(C)=O. The van der Waals surface area contributed by atoms with Gasteiger partial charge in [-0.25, -0.2) is 0 Å². The van der Waals surface area contributed by atoms with Crippen LogP contribution in [0.3, 0.4) is 0 Å². The van der Waals surface area contributed by atoms with Crippen LogP contribution in [0, 0.1) is 0 Å². The molecule has 22 heavy (non-hydrogen) atoms. The van der Waals surface area contributed by atoms with Crippen LogP contribution in [0.25, 0.3) is 0 Å². The van der Waals surface area contributed by atoms with Gasteiger partial charge in [0.1, 0.15) is 0 Å². The molecule has 0 N–H and O–H groups in total. The second-order valence-electron chi connectivity index (χ2n) is 6.28. The summed E-state index contributed by atoms with van der Waals surface area (Å²) in [5.41, 5.74) is 0. The summed E-state index contributed by atoms with van der Waals surface area (Å²) < 4.78 is 4.92. The fourth-order valence-corrected chi connectivity index (χ4v) is 2.55. The van der Waals surface area contributed by atoms with E-state index in [1.54, 1.807) is 0 Å². The maximum Gasteiger partial charge on any atom is 0.302 e. The summed E-state index contributed by atoms with van der Waals surface area (Å²) >= 11 is 0. The predicted molar refractivity (Wildman–Crippen MR) is 96.1 cm³/mol. The molecule has 0 bridgehead atoms. The van der Waals surface area contributed by atoms with E-state index in [1.165, 1.54) is 90.4 Å². The quantitative estimate of drug-likeness (QED) is 0.183. The van der Waals surface area contributed by atoms with Gasteiger partial charge < -0.3 is 4.74 Å². The molecule has 0 saturated carbocycles. The van der Waals surface area contributed by atoms with Gasteiger partial charge in [-0.1, -0.05) is 83.3 Å². The van der Waals surface area contributed by atoms with E-state index in [0.29, 0.717) is 6.61 Å². The number of esters is 1. The molecule has 0 rings (SSSR count). The smallest absolute Gasteiger partial charge is 0.302 e. The lowest BCUT2D eigenvalue weighted by molar-refractivity contribution is -0.141. The summed E-state index contributed by atoms with van der Waals surface area (Å²) in [6, 6.07) is 0. The number of hydrogen-bond acceptors (Lipinski definition) is 2. The third-order valence-electron chi connectivity index (χ3n) is 3.96. The Morgan fingerprint density at radius 2 is 1.18 bits per heavy atom. The topological polar surface area (TPSA) is 26.3 Å². The second-order valence-corrected chi connectivity index (χ2v) is 6.28. The zero-order chi connectivity index (χ0) is 16.3. The Labute approximate surface area is 138 Å². The molecule has 0 aromatic rings. The molecular weight excluding hydrogens is 272 g/mol. The van der Waals surface area contributed by atoms with E-state index in [9.17, 15) is 4.79 Å². The van der Waals surface area contributed by atoms with Gasteiger partial charge in [0.05, 0.1) is 6.61 Å². The van der Waals surface area contributed by atoms with Crippen molar-refractivity contribution in [2.45, 2.75) is 104 Å². The average molecular weight is 311 g/mol. The van der Waals surface area contributed by atoms with Crippen LogP contribution in [0.15, 0.2) is 12.2 Å². The highest BCUT2D eigenvalue weighted by Crippen LogP contribution is 2.11. The van der Waals surface area contributed by atoms with Gasteiger partial charge in [-0.15, -0.1) is 0 Å². The van der Waals surface area contributed by atoms with E-state index in [1.807, 2.05) is 0 Å². The van der Waals surface area contributed by atoms with Crippen molar-refractivity contribution in [1.29, 1.82) is 0 Å². The highest BCUT2D eigenvalue weighted by Gasteiger charge is 1.95. The van der Waals surface area contributed by atoms with E-state index in [4.69, 9.17) is 4.74 Å². The first-order valence-electron chi connectivity index (χ1n) is 9.55. The van der Waals surface area contributed by atoms with Gasteiger partial charge in [0.15, 0.2) is 0 Å². The fraction of sp³-hybridized carbons (Fsp3) is 0.850. The summed E-state index contributed by atoms with van der Waals surface area (Å²) in [5, 5.41) is 0. The number of carbonyl (C=O) groups excluding carboxylic acids is 1. The summed E-state index contributed by atoms with van der Waals surface area (Å²) in [5.74, 6) is -0.156. The molecule has 0 amide bonds. The summed E-state index contributed by atoms with van der Waals surface area (Å²) in [7, 11) is 0. The van der Waals surface area contributed by atoms with Gasteiger partial charge in [-0.05, 0) is 25.7 Å². The normalized spacial score (nSPS) is 11.2. The molecule has 0 aromatic heterocycles. The molecule has 0 aliphatic rings. The fourth-order valence-electron chi connectivity index (χ4n) is 2.55. The van der Waals surface area contributed by atoms with Crippen LogP contribution < -0.4 is 0 Å². The Balaban J connectivity index is 3.02. The largest absolute Gasteiger partial charge is 0.466 e. The van der Waals surface area contributed by atoms with Gasteiger partial charge in [-0.2, -0.15) is 0 Å². The van der Waals surface area contributed by atoms with Crippen molar-refractivity contribution in [2.75, 3.05) is 6.61 Å². The lowest BCUT2D eigenvalue weighted by Gasteiger charge is -2.03. The first-order valence-corrected chi connectivity index (χ1v) is 9.55. The van der Waals surface area contributed by atoms with Crippen molar-refractivity contribution in [1.82, 2.24) is 0 Å². The Morgan fingerprint density at radius 3 is 1.68 bits per heavy atom. The highest BCUT2D eigenvalue weighted by atomic mass is 16.5. The predicted octanol–water partition coefficient (Wildman–Crippen LogP) is 6.59. The average Bonchev–Trinajstić information content (AvgIpc) is 2.50. The Morgan fingerprint density at radius 1 is 0.727 bits per heavy atom. The molecule has 0 radical (unpaired) electrons. The van der Waals surface area contributed by atoms with Crippen LogP contribution in [0.4, 0.5) is 0 Å². The summed E-state index contributed by atoms with van der Waals surface area (Å²) in [6.45, 7) is 4.32. The van der Waals surface area contributed by atoms with Crippen molar-refractivity contribution in [3.63, 3.8) is 0 Å². The van der Waals surface area contributed by atoms with E-state index in [0.717, 1.165) is 6.42 Å². The number of carbonyl (C=O) groups is 1. The molecule has 0 aliphatic heterocycles.